The number of ether oxygens (including phenoxy) is 1. The summed E-state index contributed by atoms with van der Waals surface area (Å²) >= 11 is 6.88. The Labute approximate surface area is 119 Å². The van der Waals surface area contributed by atoms with E-state index in [2.05, 4.69) is 50.9 Å². The van der Waals surface area contributed by atoms with Crippen molar-refractivity contribution in [3.8, 4) is 0 Å². The number of hydrogen-bond donors (Lipinski definition) is 0. The molecule has 2 nitrogen and oxygen atoms in total. The Balaban J connectivity index is 2.73. The molecule has 1 aromatic carbocycles. The van der Waals surface area contributed by atoms with Crippen molar-refractivity contribution in [2.75, 3.05) is 6.61 Å². The zero-order chi connectivity index (χ0) is 12.8. The molecule has 0 radical (unpaired) electrons. The highest BCUT2D eigenvalue weighted by molar-refractivity contribution is 9.12. The molecule has 0 spiro atoms. The number of benzene rings is 1. The van der Waals surface area contributed by atoms with Gasteiger partial charge >= 0.3 is 5.97 Å². The topological polar surface area (TPSA) is 26.3 Å². The van der Waals surface area contributed by atoms with Crippen LogP contribution in [0.4, 0.5) is 0 Å². The molecule has 0 saturated heterocycles. The van der Waals surface area contributed by atoms with Crippen LogP contribution in [0.5, 0.6) is 0 Å². The summed E-state index contributed by atoms with van der Waals surface area (Å²) in [7, 11) is 0. The number of esters is 1. The van der Waals surface area contributed by atoms with Gasteiger partial charge in [0.2, 0.25) is 0 Å². The summed E-state index contributed by atoms with van der Waals surface area (Å²) in [6.45, 7) is 4.32. The van der Waals surface area contributed by atoms with Crippen molar-refractivity contribution in [2.45, 2.75) is 29.9 Å². The molecule has 4 heteroatoms. The van der Waals surface area contributed by atoms with Gasteiger partial charge in [0.1, 0.15) is 4.83 Å². The Morgan fingerprint density at radius 1 is 1.24 bits per heavy atom. The minimum absolute atomic E-state index is 0.0764. The molecule has 0 aliphatic heterocycles. The van der Waals surface area contributed by atoms with Crippen molar-refractivity contribution in [1.82, 2.24) is 0 Å². The Morgan fingerprint density at radius 2 is 1.82 bits per heavy atom. The summed E-state index contributed by atoms with van der Waals surface area (Å²) in [6.07, 6.45) is 1.02. The average Bonchev–Trinajstić information content (AvgIpc) is 2.37. The van der Waals surface area contributed by atoms with E-state index in [1.54, 1.807) is 6.92 Å². The van der Waals surface area contributed by atoms with Crippen molar-refractivity contribution in [2.24, 2.45) is 0 Å². The second-order valence-corrected chi connectivity index (χ2v) is 5.62. The van der Waals surface area contributed by atoms with Gasteiger partial charge in [0.25, 0.3) is 0 Å². The molecule has 0 amide bonds. The van der Waals surface area contributed by atoms with E-state index in [1.807, 2.05) is 12.1 Å². The van der Waals surface area contributed by atoms with Gasteiger partial charge in [0, 0.05) is 0 Å². The second-order valence-electron chi connectivity index (χ2n) is 3.65. The Hall–Kier alpha value is -0.350. The van der Waals surface area contributed by atoms with Gasteiger partial charge in [-0.3, -0.25) is 4.79 Å². The molecule has 0 heterocycles. The SMILES string of the molecule is CCOC(=O)C(Br)C(Br)c1ccc(CC)cc1. The summed E-state index contributed by atoms with van der Waals surface area (Å²) in [5, 5.41) is 0. The van der Waals surface area contributed by atoms with Crippen molar-refractivity contribution in [3.05, 3.63) is 35.4 Å². The zero-order valence-corrected chi connectivity index (χ0v) is 13.1. The third-order valence-electron chi connectivity index (χ3n) is 2.48. The monoisotopic (exact) mass is 362 g/mol. The van der Waals surface area contributed by atoms with Gasteiger partial charge in [-0.15, -0.1) is 0 Å². The smallest absolute Gasteiger partial charge is 0.321 e. The molecule has 0 aliphatic carbocycles. The van der Waals surface area contributed by atoms with Gasteiger partial charge in [-0.2, -0.15) is 0 Å². The second kappa shape index (κ2) is 7.17. The summed E-state index contributed by atoms with van der Waals surface area (Å²) in [5.41, 5.74) is 2.35. The standard InChI is InChI=1S/C13H16Br2O2/c1-3-9-5-7-10(8-6-9)11(14)12(15)13(16)17-4-2/h5-8,11-12H,3-4H2,1-2H3. The lowest BCUT2D eigenvalue weighted by Crippen LogP contribution is -2.21. The Kier molecular flexibility index (Phi) is 6.20. The Morgan fingerprint density at radius 3 is 2.29 bits per heavy atom. The summed E-state index contributed by atoms with van der Waals surface area (Å²) < 4.78 is 4.98. The van der Waals surface area contributed by atoms with Crippen LogP contribution in [0.1, 0.15) is 29.8 Å². The van der Waals surface area contributed by atoms with E-state index in [0.29, 0.717) is 6.61 Å². The van der Waals surface area contributed by atoms with Crippen LogP contribution in [0.25, 0.3) is 0 Å². The van der Waals surface area contributed by atoms with E-state index in [0.717, 1.165) is 12.0 Å². The van der Waals surface area contributed by atoms with E-state index in [1.165, 1.54) is 5.56 Å². The van der Waals surface area contributed by atoms with Crippen LogP contribution in [0, 0.1) is 0 Å². The van der Waals surface area contributed by atoms with Crippen molar-refractivity contribution in [3.63, 3.8) is 0 Å². The quantitative estimate of drug-likeness (QED) is 0.583. The van der Waals surface area contributed by atoms with E-state index >= 15 is 0 Å². The summed E-state index contributed by atoms with van der Waals surface area (Å²) in [5.74, 6) is -0.242. The molecular formula is C13H16Br2O2. The predicted octanol–water partition coefficient (Wildman–Crippen LogP) is 4.01. The first-order valence-corrected chi connectivity index (χ1v) is 7.46. The van der Waals surface area contributed by atoms with Gasteiger partial charge in [0.15, 0.2) is 0 Å². The fourth-order valence-corrected chi connectivity index (χ4v) is 2.41. The zero-order valence-electron chi connectivity index (χ0n) is 9.95. The molecule has 1 aromatic rings. The normalized spacial score (nSPS) is 14.1. The molecular weight excluding hydrogens is 348 g/mol. The number of carbonyl (C=O) groups is 1. The lowest BCUT2D eigenvalue weighted by Gasteiger charge is -2.16. The first kappa shape index (κ1) is 14.7. The van der Waals surface area contributed by atoms with Gasteiger partial charge in [-0.1, -0.05) is 63.0 Å². The van der Waals surface area contributed by atoms with Crippen LogP contribution in [0.2, 0.25) is 0 Å². The number of aryl methyl sites for hydroxylation is 1. The highest BCUT2D eigenvalue weighted by atomic mass is 79.9. The largest absolute Gasteiger partial charge is 0.465 e. The molecule has 0 N–H and O–H groups in total. The van der Waals surface area contributed by atoms with Crippen LogP contribution in [0.3, 0.4) is 0 Å². The van der Waals surface area contributed by atoms with Crippen LogP contribution >= 0.6 is 31.9 Å². The van der Waals surface area contributed by atoms with Gasteiger partial charge < -0.3 is 4.74 Å². The number of rotatable bonds is 5. The maximum absolute atomic E-state index is 11.6. The molecule has 2 atom stereocenters. The molecule has 0 saturated carbocycles. The maximum atomic E-state index is 11.6. The molecule has 94 valence electrons. The first-order chi connectivity index (χ1) is 8.10. The highest BCUT2D eigenvalue weighted by Crippen LogP contribution is 2.32. The third-order valence-corrected chi connectivity index (χ3v) is 5.14. The molecule has 0 aliphatic rings. The fourth-order valence-electron chi connectivity index (χ4n) is 1.45. The van der Waals surface area contributed by atoms with E-state index in [4.69, 9.17) is 4.74 Å². The molecule has 1 rings (SSSR count). The van der Waals surface area contributed by atoms with Crippen LogP contribution in [-0.2, 0) is 16.0 Å². The van der Waals surface area contributed by atoms with Crippen LogP contribution in [-0.4, -0.2) is 17.4 Å². The van der Waals surface area contributed by atoms with Gasteiger partial charge in [-0.25, -0.2) is 0 Å². The van der Waals surface area contributed by atoms with Crippen LogP contribution < -0.4 is 0 Å². The minimum Gasteiger partial charge on any atom is -0.465 e. The van der Waals surface area contributed by atoms with Gasteiger partial charge in [0.05, 0.1) is 11.4 Å². The number of carbonyl (C=O) groups excluding carboxylic acids is 1. The maximum Gasteiger partial charge on any atom is 0.321 e. The molecule has 17 heavy (non-hydrogen) atoms. The fraction of sp³-hybridized carbons (Fsp3) is 0.462. The van der Waals surface area contributed by atoms with E-state index in [9.17, 15) is 4.79 Å². The average molecular weight is 364 g/mol. The summed E-state index contributed by atoms with van der Waals surface area (Å²) in [4.78, 5) is 11.1. The van der Waals surface area contributed by atoms with Crippen molar-refractivity contribution in [1.29, 1.82) is 0 Å². The molecule has 0 fully saturated rings. The minimum atomic E-state index is -0.366. The summed E-state index contributed by atoms with van der Waals surface area (Å²) in [6, 6.07) is 8.22. The number of halogens is 2. The molecule has 2 unspecified atom stereocenters. The number of hydrogen-bond acceptors (Lipinski definition) is 2. The third kappa shape index (κ3) is 4.11. The van der Waals surface area contributed by atoms with Gasteiger partial charge in [-0.05, 0) is 24.5 Å². The van der Waals surface area contributed by atoms with Crippen molar-refractivity contribution < 1.29 is 9.53 Å². The number of alkyl halides is 2. The molecule has 0 bridgehead atoms. The van der Waals surface area contributed by atoms with E-state index in [-0.39, 0.29) is 15.6 Å². The van der Waals surface area contributed by atoms with Crippen LogP contribution in [0.15, 0.2) is 24.3 Å². The highest BCUT2D eigenvalue weighted by Gasteiger charge is 2.25. The molecule has 0 aromatic heterocycles. The Bertz CT molecular complexity index is 362. The first-order valence-electron chi connectivity index (χ1n) is 5.63. The lowest BCUT2D eigenvalue weighted by atomic mass is 10.1. The lowest BCUT2D eigenvalue weighted by molar-refractivity contribution is -0.142. The predicted molar refractivity (Wildman–Crippen MR) is 76.8 cm³/mol. The van der Waals surface area contributed by atoms with E-state index < -0.39 is 0 Å². The van der Waals surface area contributed by atoms with Crippen molar-refractivity contribution >= 4 is 37.8 Å².